The van der Waals surface area contributed by atoms with Gasteiger partial charge in [0.15, 0.2) is 0 Å². The summed E-state index contributed by atoms with van der Waals surface area (Å²) in [5, 5.41) is 8.90. The van der Waals surface area contributed by atoms with E-state index in [0.717, 1.165) is 10.4 Å². The molecule has 0 radical (unpaired) electrons. The Morgan fingerprint density at radius 2 is 2.33 bits per heavy atom. The average molecular weight is 125 g/mol. The van der Waals surface area contributed by atoms with E-state index in [9.17, 15) is 0 Å². The number of nitrogen functional groups attached to an aromatic ring is 1. The zero-order valence-electron chi connectivity index (χ0n) is 5.20. The Balaban J connectivity index is 3.17. The first kappa shape index (κ1) is 5.88. The molecule has 3 heteroatoms. The van der Waals surface area contributed by atoms with Crippen molar-refractivity contribution >= 4 is 5.69 Å². The highest BCUT2D eigenvalue weighted by atomic mass is 16.5. The molecule has 0 aromatic carbocycles. The zero-order valence-corrected chi connectivity index (χ0v) is 5.20. The summed E-state index contributed by atoms with van der Waals surface area (Å²) in [5.41, 5.74) is 6.80. The van der Waals surface area contributed by atoms with Gasteiger partial charge in [-0.1, -0.05) is 0 Å². The normalized spacial score (nSPS) is 9.44. The van der Waals surface area contributed by atoms with Crippen LogP contribution >= 0.6 is 0 Å². The molecule has 0 atom stereocenters. The van der Waals surface area contributed by atoms with Gasteiger partial charge in [-0.15, -0.1) is 0 Å². The molecule has 1 aromatic rings. The Bertz CT molecular complexity index is 222. The molecule has 0 spiro atoms. The molecular weight excluding hydrogens is 116 g/mol. The lowest BCUT2D eigenvalue weighted by Gasteiger charge is -1.89. The van der Waals surface area contributed by atoms with Crippen molar-refractivity contribution in [1.82, 2.24) is 0 Å². The first-order chi connectivity index (χ1) is 4.20. The molecule has 1 heterocycles. The van der Waals surface area contributed by atoms with Crippen LogP contribution in [0.4, 0.5) is 5.69 Å². The first-order valence-corrected chi connectivity index (χ1v) is 2.67. The number of aromatic nitrogens is 1. The number of nitrogens with two attached hydrogens (primary N) is 1. The minimum atomic E-state index is 0.665. The van der Waals surface area contributed by atoms with Crippen molar-refractivity contribution in [3.8, 4) is 0 Å². The van der Waals surface area contributed by atoms with Gasteiger partial charge in [-0.2, -0.15) is 0 Å². The smallest absolute Gasteiger partial charge is 0.233 e. The quantitative estimate of drug-likeness (QED) is 0.381. The highest BCUT2D eigenvalue weighted by molar-refractivity contribution is 5.34. The van der Waals surface area contributed by atoms with E-state index in [2.05, 4.69) is 0 Å². The van der Waals surface area contributed by atoms with Crippen LogP contribution < -0.4 is 10.5 Å². The number of hydrogen-bond acceptors (Lipinski definition) is 2. The molecule has 0 fully saturated rings. The van der Waals surface area contributed by atoms with Gasteiger partial charge in [0.25, 0.3) is 0 Å². The van der Waals surface area contributed by atoms with Crippen LogP contribution in [0.5, 0.6) is 0 Å². The monoisotopic (exact) mass is 125 g/mol. The molecule has 1 aromatic heterocycles. The van der Waals surface area contributed by atoms with Crippen LogP contribution in [-0.4, -0.2) is 5.21 Å². The maximum absolute atomic E-state index is 8.90. The predicted molar refractivity (Wildman–Crippen MR) is 33.0 cm³/mol. The molecule has 0 unspecified atom stereocenters. The number of hydrogen-bond donors (Lipinski definition) is 2. The molecule has 0 amide bonds. The molecule has 0 aliphatic rings. The Hall–Kier alpha value is -1.25. The average Bonchev–Trinajstić information content (AvgIpc) is 1.80. The van der Waals surface area contributed by atoms with Crippen LogP contribution in [0.15, 0.2) is 18.3 Å². The molecule has 0 aliphatic carbocycles. The van der Waals surface area contributed by atoms with E-state index in [0.29, 0.717) is 5.69 Å². The van der Waals surface area contributed by atoms with Gasteiger partial charge >= 0.3 is 0 Å². The third-order valence-electron chi connectivity index (χ3n) is 1.15. The van der Waals surface area contributed by atoms with Crippen molar-refractivity contribution in [3.05, 3.63) is 24.0 Å². The summed E-state index contributed by atoms with van der Waals surface area (Å²) >= 11 is 0. The van der Waals surface area contributed by atoms with Gasteiger partial charge in [0, 0.05) is 29.5 Å². The van der Waals surface area contributed by atoms with E-state index >= 15 is 0 Å². The standard InChI is InChI=1S/C6H8N2O/c1-5-4-6(7)2-3-8(5)9/h2-4,7,9H,1H3/p+1. The van der Waals surface area contributed by atoms with Gasteiger partial charge in [-0.3, -0.25) is 5.21 Å². The number of nitrogens with zero attached hydrogens (tertiary/aromatic N) is 1. The molecule has 0 aliphatic heterocycles. The van der Waals surface area contributed by atoms with Crippen molar-refractivity contribution in [1.29, 1.82) is 0 Å². The van der Waals surface area contributed by atoms with Crippen LogP contribution in [-0.2, 0) is 0 Å². The fourth-order valence-corrected chi connectivity index (χ4v) is 0.630. The Morgan fingerprint density at radius 3 is 2.78 bits per heavy atom. The third kappa shape index (κ3) is 1.10. The van der Waals surface area contributed by atoms with Crippen LogP contribution in [0, 0.1) is 6.92 Å². The SMILES string of the molecule is Cc1cc(N)cc[n+]1O. The van der Waals surface area contributed by atoms with Crippen LogP contribution in [0.25, 0.3) is 0 Å². The summed E-state index contributed by atoms with van der Waals surface area (Å²) in [6, 6.07) is 3.33. The molecule has 0 bridgehead atoms. The zero-order chi connectivity index (χ0) is 6.85. The summed E-state index contributed by atoms with van der Waals surface area (Å²) in [6.07, 6.45) is 1.50. The molecule has 48 valence electrons. The van der Waals surface area contributed by atoms with Gasteiger partial charge in [0.05, 0.1) is 0 Å². The second-order valence-electron chi connectivity index (χ2n) is 1.95. The number of rotatable bonds is 0. The molecule has 9 heavy (non-hydrogen) atoms. The second kappa shape index (κ2) is 1.93. The number of anilines is 1. The maximum Gasteiger partial charge on any atom is 0.233 e. The molecule has 1 rings (SSSR count). The lowest BCUT2D eigenvalue weighted by molar-refractivity contribution is -0.908. The van der Waals surface area contributed by atoms with Crippen molar-refractivity contribution in [2.24, 2.45) is 0 Å². The third-order valence-corrected chi connectivity index (χ3v) is 1.15. The summed E-state index contributed by atoms with van der Waals surface area (Å²) in [7, 11) is 0. The maximum atomic E-state index is 8.90. The number of pyridine rings is 1. The number of aryl methyl sites for hydroxylation is 1. The van der Waals surface area contributed by atoms with E-state index in [1.54, 1.807) is 19.1 Å². The van der Waals surface area contributed by atoms with Gasteiger partial charge in [-0.05, 0) is 0 Å². The molecular formula is C6H9N2O+. The Kier molecular flexibility index (Phi) is 1.26. The highest BCUT2D eigenvalue weighted by Gasteiger charge is 2.00. The first-order valence-electron chi connectivity index (χ1n) is 2.67. The lowest BCUT2D eigenvalue weighted by atomic mass is 10.3. The molecule has 3 nitrogen and oxygen atoms in total. The minimum Gasteiger partial charge on any atom is -0.398 e. The van der Waals surface area contributed by atoms with E-state index in [-0.39, 0.29) is 0 Å². The molecule has 3 N–H and O–H groups in total. The summed E-state index contributed by atoms with van der Waals surface area (Å²) in [6.45, 7) is 1.77. The van der Waals surface area contributed by atoms with E-state index in [1.165, 1.54) is 6.20 Å². The van der Waals surface area contributed by atoms with Crippen molar-refractivity contribution in [2.45, 2.75) is 6.92 Å². The van der Waals surface area contributed by atoms with Crippen LogP contribution in [0.2, 0.25) is 0 Å². The Labute approximate surface area is 53.3 Å². The van der Waals surface area contributed by atoms with Crippen LogP contribution in [0.1, 0.15) is 5.69 Å². The van der Waals surface area contributed by atoms with E-state index in [4.69, 9.17) is 10.9 Å². The minimum absolute atomic E-state index is 0.665. The summed E-state index contributed by atoms with van der Waals surface area (Å²) in [5.74, 6) is 0. The largest absolute Gasteiger partial charge is 0.398 e. The predicted octanol–water partition coefficient (Wildman–Crippen LogP) is 0.102. The molecule has 0 saturated carbocycles. The summed E-state index contributed by atoms with van der Waals surface area (Å²) < 4.78 is 1.02. The second-order valence-corrected chi connectivity index (χ2v) is 1.95. The van der Waals surface area contributed by atoms with Crippen molar-refractivity contribution in [3.63, 3.8) is 0 Å². The van der Waals surface area contributed by atoms with Gasteiger partial charge < -0.3 is 5.73 Å². The Morgan fingerprint density at radius 1 is 1.67 bits per heavy atom. The fraction of sp³-hybridized carbons (Fsp3) is 0.167. The summed E-state index contributed by atoms with van der Waals surface area (Å²) in [4.78, 5) is 0. The lowest BCUT2D eigenvalue weighted by Crippen LogP contribution is -2.32. The topological polar surface area (TPSA) is 50.1 Å². The van der Waals surface area contributed by atoms with Gasteiger partial charge in [-0.25, -0.2) is 0 Å². The highest BCUT2D eigenvalue weighted by Crippen LogP contribution is 1.97. The van der Waals surface area contributed by atoms with E-state index < -0.39 is 0 Å². The van der Waals surface area contributed by atoms with Gasteiger partial charge in [0.2, 0.25) is 11.9 Å². The van der Waals surface area contributed by atoms with Crippen LogP contribution in [0.3, 0.4) is 0 Å². The van der Waals surface area contributed by atoms with Gasteiger partial charge in [0.1, 0.15) is 0 Å². The van der Waals surface area contributed by atoms with E-state index in [1.807, 2.05) is 0 Å². The van der Waals surface area contributed by atoms with Crippen molar-refractivity contribution < 1.29 is 9.94 Å². The van der Waals surface area contributed by atoms with Crippen molar-refractivity contribution in [2.75, 3.05) is 5.73 Å². The fourth-order valence-electron chi connectivity index (χ4n) is 0.630. The molecule has 0 saturated heterocycles.